The van der Waals surface area contributed by atoms with Crippen LogP contribution in [0.4, 0.5) is 5.69 Å². The van der Waals surface area contributed by atoms with Crippen molar-refractivity contribution >= 4 is 21.6 Å². The van der Waals surface area contributed by atoms with Crippen molar-refractivity contribution < 1.29 is 17.9 Å². The number of hydrogen-bond donors (Lipinski definition) is 2. The first kappa shape index (κ1) is 19.0. The number of nitrogens with one attached hydrogen (secondary N) is 2. The molecule has 0 saturated carbocycles. The highest BCUT2D eigenvalue weighted by molar-refractivity contribution is 7.92. The Morgan fingerprint density at radius 1 is 1.12 bits per heavy atom. The van der Waals surface area contributed by atoms with Crippen LogP contribution in [0.5, 0.6) is 0 Å². The average Bonchev–Trinajstić information content (AvgIpc) is 2.60. The van der Waals surface area contributed by atoms with Gasteiger partial charge in [0.2, 0.25) is 0 Å². The van der Waals surface area contributed by atoms with Gasteiger partial charge in [0.25, 0.3) is 15.9 Å². The smallest absolute Gasteiger partial charge is 0.261 e. The average molecular weight is 362 g/mol. The number of sulfonamides is 1. The Balaban J connectivity index is 2.10. The topological polar surface area (TPSA) is 84.5 Å². The highest BCUT2D eigenvalue weighted by atomic mass is 32.2. The maximum Gasteiger partial charge on any atom is 0.261 e. The van der Waals surface area contributed by atoms with Gasteiger partial charge in [-0.05, 0) is 43.7 Å². The van der Waals surface area contributed by atoms with E-state index in [1.807, 2.05) is 19.1 Å². The first-order valence-corrected chi connectivity index (χ1v) is 9.37. The minimum Gasteiger partial charge on any atom is -0.385 e. The predicted molar refractivity (Wildman–Crippen MR) is 97.3 cm³/mol. The van der Waals surface area contributed by atoms with Crippen LogP contribution in [-0.2, 0) is 14.8 Å². The Morgan fingerprint density at radius 3 is 2.52 bits per heavy atom. The SMILES string of the molecule is COCCCNC(=O)c1cccc(S(=O)(=O)Nc2ccc(C)cc2)c1. The molecule has 2 aromatic rings. The molecule has 6 nitrogen and oxygen atoms in total. The molecule has 2 aromatic carbocycles. The quantitative estimate of drug-likeness (QED) is 0.707. The number of rotatable bonds is 8. The first-order valence-electron chi connectivity index (χ1n) is 7.89. The monoisotopic (exact) mass is 362 g/mol. The number of methoxy groups -OCH3 is 1. The molecule has 7 heteroatoms. The van der Waals surface area contributed by atoms with E-state index < -0.39 is 10.0 Å². The van der Waals surface area contributed by atoms with Gasteiger partial charge < -0.3 is 10.1 Å². The van der Waals surface area contributed by atoms with Gasteiger partial charge in [-0.3, -0.25) is 9.52 Å². The molecular formula is C18H22N2O4S. The molecular weight excluding hydrogens is 340 g/mol. The zero-order valence-corrected chi connectivity index (χ0v) is 15.1. The van der Waals surface area contributed by atoms with Crippen LogP contribution in [0.3, 0.4) is 0 Å². The summed E-state index contributed by atoms with van der Waals surface area (Å²) in [5, 5.41) is 2.73. The van der Waals surface area contributed by atoms with Crippen LogP contribution < -0.4 is 10.0 Å². The molecule has 0 atom stereocenters. The van der Waals surface area contributed by atoms with Crippen LogP contribution in [0.1, 0.15) is 22.3 Å². The van der Waals surface area contributed by atoms with Crippen LogP contribution in [0.15, 0.2) is 53.4 Å². The summed E-state index contributed by atoms with van der Waals surface area (Å²) in [4.78, 5) is 12.2. The second kappa shape index (κ2) is 8.64. The normalized spacial score (nSPS) is 11.1. The van der Waals surface area contributed by atoms with Gasteiger partial charge in [0.1, 0.15) is 0 Å². The van der Waals surface area contributed by atoms with Gasteiger partial charge in [-0.1, -0.05) is 23.8 Å². The van der Waals surface area contributed by atoms with Crippen molar-refractivity contribution in [2.45, 2.75) is 18.2 Å². The second-order valence-corrected chi connectivity index (χ2v) is 7.28. The van der Waals surface area contributed by atoms with Crippen molar-refractivity contribution in [3.05, 3.63) is 59.7 Å². The lowest BCUT2D eigenvalue weighted by molar-refractivity contribution is 0.0948. The number of hydrogen-bond acceptors (Lipinski definition) is 4. The molecule has 25 heavy (non-hydrogen) atoms. The highest BCUT2D eigenvalue weighted by Gasteiger charge is 2.16. The standard InChI is InChI=1S/C18H22N2O4S/c1-14-7-9-16(10-8-14)20-25(22,23)17-6-3-5-15(13-17)18(21)19-11-4-12-24-2/h3,5-10,13,20H,4,11-12H2,1-2H3,(H,19,21). The van der Waals surface area contributed by atoms with Crippen molar-refractivity contribution in [1.29, 1.82) is 0 Å². The molecule has 0 radical (unpaired) electrons. The number of carbonyl (C=O) groups is 1. The van der Waals surface area contributed by atoms with Crippen molar-refractivity contribution in [3.8, 4) is 0 Å². The summed E-state index contributed by atoms with van der Waals surface area (Å²) in [5.74, 6) is -0.316. The number of ether oxygens (including phenoxy) is 1. The Kier molecular flexibility index (Phi) is 6.55. The minimum absolute atomic E-state index is 0.0395. The maximum atomic E-state index is 12.5. The summed E-state index contributed by atoms with van der Waals surface area (Å²) in [6, 6.07) is 13.0. The summed E-state index contributed by atoms with van der Waals surface area (Å²) in [6.45, 7) is 2.94. The molecule has 0 aliphatic heterocycles. The first-order chi connectivity index (χ1) is 11.9. The fourth-order valence-corrected chi connectivity index (χ4v) is 3.26. The number of amides is 1. The zero-order chi connectivity index (χ0) is 18.3. The molecule has 134 valence electrons. The third kappa shape index (κ3) is 5.58. The Hall–Kier alpha value is -2.38. The lowest BCUT2D eigenvalue weighted by atomic mass is 10.2. The Labute approximate surface area is 148 Å². The van der Waals surface area contributed by atoms with Crippen LogP contribution in [0, 0.1) is 6.92 Å². The van der Waals surface area contributed by atoms with E-state index in [-0.39, 0.29) is 10.8 Å². The molecule has 0 aliphatic rings. The van der Waals surface area contributed by atoms with E-state index >= 15 is 0 Å². The molecule has 0 fully saturated rings. The van der Waals surface area contributed by atoms with Gasteiger partial charge in [-0.25, -0.2) is 8.42 Å². The van der Waals surface area contributed by atoms with Gasteiger partial charge in [0.15, 0.2) is 0 Å². The van der Waals surface area contributed by atoms with Gasteiger partial charge in [0, 0.05) is 31.5 Å². The van der Waals surface area contributed by atoms with Crippen molar-refractivity contribution in [2.75, 3.05) is 25.0 Å². The van der Waals surface area contributed by atoms with E-state index in [0.29, 0.717) is 30.8 Å². The van der Waals surface area contributed by atoms with E-state index in [2.05, 4.69) is 10.0 Å². The predicted octanol–water partition coefficient (Wildman–Crippen LogP) is 2.56. The van der Waals surface area contributed by atoms with Crippen LogP contribution >= 0.6 is 0 Å². The largest absolute Gasteiger partial charge is 0.385 e. The Morgan fingerprint density at radius 2 is 1.84 bits per heavy atom. The van der Waals surface area contributed by atoms with E-state index in [0.717, 1.165) is 5.56 Å². The molecule has 0 saturated heterocycles. The lowest BCUT2D eigenvalue weighted by Crippen LogP contribution is -2.25. The van der Waals surface area contributed by atoms with Gasteiger partial charge in [-0.2, -0.15) is 0 Å². The van der Waals surface area contributed by atoms with Crippen molar-refractivity contribution in [1.82, 2.24) is 5.32 Å². The number of anilines is 1. The van der Waals surface area contributed by atoms with Crippen LogP contribution in [0.25, 0.3) is 0 Å². The molecule has 2 N–H and O–H groups in total. The summed E-state index contributed by atoms with van der Waals surface area (Å²) in [7, 11) is -2.17. The van der Waals surface area contributed by atoms with E-state index in [1.54, 1.807) is 31.4 Å². The maximum absolute atomic E-state index is 12.5. The summed E-state index contributed by atoms with van der Waals surface area (Å²) in [5.41, 5.74) is 1.80. The van der Waals surface area contributed by atoms with Crippen molar-refractivity contribution in [3.63, 3.8) is 0 Å². The molecule has 1 amide bonds. The molecule has 2 rings (SSSR count). The van der Waals surface area contributed by atoms with Gasteiger partial charge in [0.05, 0.1) is 4.90 Å². The summed E-state index contributed by atoms with van der Waals surface area (Å²) >= 11 is 0. The molecule has 0 aromatic heterocycles. The summed E-state index contributed by atoms with van der Waals surface area (Å²) in [6.07, 6.45) is 0.690. The van der Waals surface area contributed by atoms with E-state index in [9.17, 15) is 13.2 Å². The lowest BCUT2D eigenvalue weighted by Gasteiger charge is -2.10. The third-order valence-electron chi connectivity index (χ3n) is 3.52. The minimum atomic E-state index is -3.76. The Bertz CT molecular complexity index is 817. The van der Waals surface area contributed by atoms with E-state index in [1.165, 1.54) is 12.1 Å². The number of benzene rings is 2. The molecule has 0 heterocycles. The molecule has 0 spiro atoms. The second-order valence-electron chi connectivity index (χ2n) is 5.60. The number of carbonyl (C=O) groups excluding carboxylic acids is 1. The van der Waals surface area contributed by atoms with Crippen LogP contribution in [-0.4, -0.2) is 34.6 Å². The van der Waals surface area contributed by atoms with Crippen LogP contribution in [0.2, 0.25) is 0 Å². The van der Waals surface area contributed by atoms with Gasteiger partial charge in [-0.15, -0.1) is 0 Å². The highest BCUT2D eigenvalue weighted by Crippen LogP contribution is 2.17. The zero-order valence-electron chi connectivity index (χ0n) is 14.3. The van der Waals surface area contributed by atoms with Crippen molar-refractivity contribution in [2.24, 2.45) is 0 Å². The molecule has 0 aliphatic carbocycles. The fraction of sp³-hybridized carbons (Fsp3) is 0.278. The van der Waals surface area contributed by atoms with Gasteiger partial charge >= 0.3 is 0 Å². The fourth-order valence-electron chi connectivity index (χ4n) is 2.16. The van der Waals surface area contributed by atoms with E-state index in [4.69, 9.17) is 4.74 Å². The summed E-state index contributed by atoms with van der Waals surface area (Å²) < 4.78 is 32.4. The molecule has 0 unspecified atom stereocenters. The number of aryl methyl sites for hydroxylation is 1. The third-order valence-corrected chi connectivity index (χ3v) is 4.90. The molecule has 0 bridgehead atoms.